The quantitative estimate of drug-likeness (QED) is 0.353. The van der Waals surface area contributed by atoms with Gasteiger partial charge in [0.15, 0.2) is 6.61 Å². The maximum atomic E-state index is 13.3. The lowest BCUT2D eigenvalue weighted by Gasteiger charge is -2.36. The zero-order valence-electron chi connectivity index (χ0n) is 20.1. The fourth-order valence-electron chi connectivity index (χ4n) is 4.18. The molecule has 4 aromatic rings. The van der Waals surface area contributed by atoms with E-state index in [1.54, 1.807) is 17.0 Å². The van der Waals surface area contributed by atoms with Crippen molar-refractivity contribution in [2.75, 3.05) is 42.4 Å². The maximum Gasteiger partial charge on any atom is 0.418 e. The Kier molecular flexibility index (Phi) is 7.27. The van der Waals surface area contributed by atoms with Crippen molar-refractivity contribution in [2.45, 2.75) is 11.1 Å². The second kappa shape index (κ2) is 10.6. The fraction of sp³-hybridized carbons (Fsp3) is 0.250. The summed E-state index contributed by atoms with van der Waals surface area (Å²) in [6.07, 6.45) is -2.08. The van der Waals surface area contributed by atoms with Gasteiger partial charge >= 0.3 is 6.18 Å². The van der Waals surface area contributed by atoms with Gasteiger partial charge in [-0.1, -0.05) is 6.07 Å². The number of halogens is 3. The van der Waals surface area contributed by atoms with Gasteiger partial charge in [0.2, 0.25) is 5.13 Å². The van der Waals surface area contributed by atoms with E-state index in [-0.39, 0.29) is 39.2 Å². The first kappa shape index (κ1) is 26.6. The number of rotatable bonds is 7. The number of fused-ring (bicyclic) bond motifs is 1. The first-order valence-electron chi connectivity index (χ1n) is 11.6. The lowest BCUT2D eigenvalue weighted by molar-refractivity contribution is -0.136. The van der Waals surface area contributed by atoms with E-state index in [9.17, 15) is 26.4 Å². The molecule has 2 aromatic carbocycles. The number of carbonyl (C=O) groups is 1. The summed E-state index contributed by atoms with van der Waals surface area (Å²) in [6, 6.07) is 11.5. The number of benzene rings is 2. The zero-order valence-corrected chi connectivity index (χ0v) is 21.8. The topological polar surface area (TPSA) is 118 Å². The van der Waals surface area contributed by atoms with Crippen molar-refractivity contribution in [3.63, 3.8) is 0 Å². The van der Waals surface area contributed by atoms with E-state index in [1.165, 1.54) is 42.9 Å². The van der Waals surface area contributed by atoms with Crippen LogP contribution in [0.1, 0.15) is 5.56 Å². The minimum atomic E-state index is -4.56. The number of amides is 1. The SMILES string of the molecule is O=C(COc1ccnc2c(C(F)(F)F)cccc12)N1CCN(c2ccc(S(=O)(=O)Nc3ncns3)cc2)CC1. The summed E-state index contributed by atoms with van der Waals surface area (Å²) in [7, 11) is -3.79. The van der Waals surface area contributed by atoms with Crippen LogP contribution >= 0.6 is 11.5 Å². The molecule has 0 radical (unpaired) electrons. The van der Waals surface area contributed by atoms with Crippen LogP contribution in [0.4, 0.5) is 24.0 Å². The number of alkyl halides is 3. The number of para-hydroxylation sites is 1. The average molecular weight is 579 g/mol. The number of anilines is 2. The summed E-state index contributed by atoms with van der Waals surface area (Å²) < 4.78 is 76.7. The largest absolute Gasteiger partial charge is 0.483 e. The van der Waals surface area contributed by atoms with Gasteiger partial charge < -0.3 is 14.5 Å². The molecule has 1 N–H and O–H groups in total. The van der Waals surface area contributed by atoms with Gasteiger partial charge in [-0.2, -0.15) is 17.5 Å². The molecule has 39 heavy (non-hydrogen) atoms. The van der Waals surface area contributed by atoms with Crippen LogP contribution in [-0.2, 0) is 21.0 Å². The van der Waals surface area contributed by atoms with E-state index in [2.05, 4.69) is 19.1 Å². The Balaban J connectivity index is 1.17. The molecule has 1 amide bonds. The molecule has 10 nitrogen and oxygen atoms in total. The van der Waals surface area contributed by atoms with E-state index in [4.69, 9.17) is 4.74 Å². The second-order valence-electron chi connectivity index (χ2n) is 8.51. The molecule has 2 aromatic heterocycles. The van der Waals surface area contributed by atoms with E-state index in [0.29, 0.717) is 26.2 Å². The number of piperazine rings is 1. The zero-order chi connectivity index (χ0) is 27.6. The van der Waals surface area contributed by atoms with Gasteiger partial charge in [0.1, 0.15) is 12.1 Å². The third kappa shape index (κ3) is 5.88. The van der Waals surface area contributed by atoms with Crippen molar-refractivity contribution >= 4 is 49.2 Å². The van der Waals surface area contributed by atoms with E-state index in [1.807, 2.05) is 4.90 Å². The number of hydrogen-bond acceptors (Lipinski definition) is 9. The maximum absolute atomic E-state index is 13.3. The molecule has 0 aliphatic carbocycles. The Hall–Kier alpha value is -3.98. The molecule has 1 saturated heterocycles. The summed E-state index contributed by atoms with van der Waals surface area (Å²) >= 11 is 0.932. The van der Waals surface area contributed by atoms with Gasteiger partial charge in [-0.05, 0) is 42.5 Å². The van der Waals surface area contributed by atoms with E-state index in [0.717, 1.165) is 23.3 Å². The summed E-state index contributed by atoms with van der Waals surface area (Å²) in [5.74, 6) is -0.149. The van der Waals surface area contributed by atoms with Crippen LogP contribution in [0.2, 0.25) is 0 Å². The highest BCUT2D eigenvalue weighted by Gasteiger charge is 2.33. The number of hydrogen-bond donors (Lipinski definition) is 1. The summed E-state index contributed by atoms with van der Waals surface area (Å²) in [4.78, 5) is 24.2. The van der Waals surface area contributed by atoms with Crippen LogP contribution in [0, 0.1) is 0 Å². The summed E-state index contributed by atoms with van der Waals surface area (Å²) in [5, 5.41) is 0.348. The predicted octanol–water partition coefficient (Wildman–Crippen LogP) is 3.63. The third-order valence-corrected chi connectivity index (χ3v) is 8.18. The number of nitrogens with one attached hydrogen (secondary N) is 1. The predicted molar refractivity (Wildman–Crippen MR) is 138 cm³/mol. The highest BCUT2D eigenvalue weighted by molar-refractivity contribution is 7.93. The number of aromatic nitrogens is 3. The van der Waals surface area contributed by atoms with Crippen molar-refractivity contribution in [2.24, 2.45) is 0 Å². The molecule has 0 atom stereocenters. The molecule has 0 saturated carbocycles. The molecule has 0 spiro atoms. The fourth-order valence-corrected chi connectivity index (χ4v) is 5.84. The molecular weight excluding hydrogens is 557 g/mol. The van der Waals surface area contributed by atoms with Crippen LogP contribution < -0.4 is 14.4 Å². The van der Waals surface area contributed by atoms with E-state index >= 15 is 0 Å². The standard InChI is InChI=1S/C24H21F3N6O4S2/c25-24(26,27)19-3-1-2-18-20(8-9-28-22(18)19)37-14-21(34)33-12-10-32(11-13-33)16-4-6-17(7-5-16)39(35,36)31-23-29-15-30-38-23/h1-9,15H,10-14H2,(H,29,30,31). The van der Waals surface area contributed by atoms with Crippen LogP contribution in [0.3, 0.4) is 0 Å². The van der Waals surface area contributed by atoms with Gasteiger partial charge in [-0.3, -0.25) is 14.5 Å². The van der Waals surface area contributed by atoms with Gasteiger partial charge in [0, 0.05) is 55.0 Å². The van der Waals surface area contributed by atoms with Crippen molar-refractivity contribution < 1.29 is 31.1 Å². The van der Waals surface area contributed by atoms with Crippen LogP contribution in [0.25, 0.3) is 10.9 Å². The normalized spacial score (nSPS) is 14.4. The van der Waals surface area contributed by atoms with Gasteiger partial charge in [-0.25, -0.2) is 13.4 Å². The molecule has 5 rings (SSSR count). The smallest absolute Gasteiger partial charge is 0.418 e. The molecule has 1 fully saturated rings. The third-order valence-electron chi connectivity index (χ3n) is 6.12. The Morgan fingerprint density at radius 2 is 1.77 bits per heavy atom. The number of sulfonamides is 1. The first-order chi connectivity index (χ1) is 18.6. The van der Waals surface area contributed by atoms with Gasteiger partial charge in [0.05, 0.1) is 16.0 Å². The molecule has 3 heterocycles. The Labute approximate surface area is 225 Å². The molecule has 0 unspecified atom stereocenters. The minimum Gasteiger partial charge on any atom is -0.483 e. The molecular formula is C24H21F3N6O4S2. The van der Waals surface area contributed by atoms with Crippen LogP contribution in [-0.4, -0.2) is 66.4 Å². The number of carbonyl (C=O) groups excluding carboxylic acids is 1. The molecule has 0 bridgehead atoms. The Bertz CT molecular complexity index is 1570. The molecule has 15 heteroatoms. The summed E-state index contributed by atoms with van der Waals surface area (Å²) in [5.41, 5.74) is -0.304. The van der Waals surface area contributed by atoms with Crippen molar-refractivity contribution in [1.82, 2.24) is 19.2 Å². The number of pyridine rings is 1. The molecule has 1 aliphatic rings. The molecule has 1 aliphatic heterocycles. The average Bonchev–Trinajstić information content (AvgIpc) is 3.43. The minimum absolute atomic E-state index is 0.0819. The second-order valence-corrected chi connectivity index (χ2v) is 11.0. The summed E-state index contributed by atoms with van der Waals surface area (Å²) in [6.45, 7) is 1.48. The number of nitrogens with zero attached hydrogens (tertiary/aromatic N) is 5. The van der Waals surface area contributed by atoms with Crippen LogP contribution in [0.15, 0.2) is 66.0 Å². The van der Waals surface area contributed by atoms with Crippen molar-refractivity contribution in [1.29, 1.82) is 0 Å². The Morgan fingerprint density at radius 3 is 2.44 bits per heavy atom. The lowest BCUT2D eigenvalue weighted by Crippen LogP contribution is -2.50. The highest BCUT2D eigenvalue weighted by atomic mass is 32.2. The molecule has 204 valence electrons. The first-order valence-corrected chi connectivity index (χ1v) is 13.9. The van der Waals surface area contributed by atoms with Gasteiger partial charge in [0.25, 0.3) is 15.9 Å². The van der Waals surface area contributed by atoms with Crippen molar-refractivity contribution in [3.05, 3.63) is 66.6 Å². The monoisotopic (exact) mass is 578 g/mol. The lowest BCUT2D eigenvalue weighted by atomic mass is 10.1. The van der Waals surface area contributed by atoms with Crippen LogP contribution in [0.5, 0.6) is 5.75 Å². The highest BCUT2D eigenvalue weighted by Crippen LogP contribution is 2.36. The van der Waals surface area contributed by atoms with E-state index < -0.39 is 21.8 Å². The van der Waals surface area contributed by atoms with Crippen molar-refractivity contribution in [3.8, 4) is 5.75 Å². The number of ether oxygens (including phenoxy) is 1. The Morgan fingerprint density at radius 1 is 1.03 bits per heavy atom. The van der Waals surface area contributed by atoms with Gasteiger partial charge in [-0.15, -0.1) is 0 Å².